The zero-order valence-corrected chi connectivity index (χ0v) is 7.44. The molecule has 0 aliphatic carbocycles. The van der Waals surface area contributed by atoms with Gasteiger partial charge in [-0.2, -0.15) is 0 Å². The lowest BCUT2D eigenvalue weighted by molar-refractivity contribution is -0.243. The first-order valence-electron chi connectivity index (χ1n) is 4.27. The van der Waals surface area contributed by atoms with Crippen LogP contribution in [-0.2, 0) is 0 Å². The van der Waals surface area contributed by atoms with Crippen molar-refractivity contribution in [2.24, 2.45) is 5.41 Å². The molecule has 2 fully saturated rings. The van der Waals surface area contributed by atoms with Crippen LogP contribution >= 0.6 is 0 Å². The Kier molecular flexibility index (Phi) is 0.949. The molecule has 0 bridgehead atoms. The third-order valence-corrected chi connectivity index (χ3v) is 4.37. The fourth-order valence-corrected chi connectivity index (χ4v) is 2.66. The minimum absolute atomic E-state index is 0.561. The van der Waals surface area contributed by atoms with E-state index in [0.717, 1.165) is 6.04 Å². The van der Waals surface area contributed by atoms with Gasteiger partial charge < -0.3 is 0 Å². The molecule has 2 unspecified atom stereocenters. The molecule has 2 atom stereocenters. The van der Waals surface area contributed by atoms with Crippen LogP contribution in [0.5, 0.6) is 0 Å². The van der Waals surface area contributed by atoms with Crippen molar-refractivity contribution in [3.05, 3.63) is 0 Å². The van der Waals surface area contributed by atoms with Crippen molar-refractivity contribution >= 4 is 0 Å². The summed E-state index contributed by atoms with van der Waals surface area (Å²) in [6, 6.07) is 0.811. The van der Waals surface area contributed by atoms with Crippen molar-refractivity contribution in [3.8, 4) is 0 Å². The van der Waals surface area contributed by atoms with Crippen LogP contribution in [-0.4, -0.2) is 23.0 Å². The maximum atomic E-state index is 2.62. The van der Waals surface area contributed by atoms with E-state index in [1.54, 1.807) is 0 Å². The number of piperidine rings is 1. The number of rotatable bonds is 0. The molecule has 0 amide bonds. The maximum absolute atomic E-state index is 2.62. The van der Waals surface area contributed by atoms with Gasteiger partial charge in [0.05, 0.1) is 0 Å². The van der Waals surface area contributed by atoms with Gasteiger partial charge in [-0.3, -0.25) is 4.90 Å². The molecule has 10 heavy (non-hydrogen) atoms. The largest absolute Gasteiger partial charge is 0.294 e. The molecule has 0 N–H and O–H groups in total. The number of fused-ring (bicyclic) bond motifs is 1. The van der Waals surface area contributed by atoms with E-state index in [-0.39, 0.29) is 0 Å². The standard InChI is InChI=1S/C9H17N/c1-7-8(2,3)9(4)5-6-10(7)9/h7H,5-6H2,1-4H3. The summed E-state index contributed by atoms with van der Waals surface area (Å²) in [6.45, 7) is 10.9. The smallest absolute Gasteiger partial charge is 0.0262 e. The minimum atomic E-state index is 0.561. The Morgan fingerprint density at radius 1 is 1.30 bits per heavy atom. The number of hydrogen-bond acceptors (Lipinski definition) is 1. The van der Waals surface area contributed by atoms with Crippen LogP contribution in [0, 0.1) is 5.41 Å². The molecule has 1 nitrogen and oxygen atoms in total. The lowest BCUT2D eigenvalue weighted by atomic mass is 9.53. The maximum Gasteiger partial charge on any atom is 0.0262 e. The molecule has 58 valence electrons. The van der Waals surface area contributed by atoms with E-state index in [2.05, 4.69) is 32.6 Å². The molecule has 0 saturated carbocycles. The Hall–Kier alpha value is -0.0400. The van der Waals surface area contributed by atoms with E-state index in [9.17, 15) is 0 Å². The van der Waals surface area contributed by atoms with E-state index in [0.29, 0.717) is 11.0 Å². The van der Waals surface area contributed by atoms with Gasteiger partial charge in [0.15, 0.2) is 0 Å². The van der Waals surface area contributed by atoms with Crippen LogP contribution in [0.15, 0.2) is 0 Å². The van der Waals surface area contributed by atoms with Gasteiger partial charge in [0.2, 0.25) is 0 Å². The lowest BCUT2D eigenvalue weighted by Gasteiger charge is -2.74. The molecule has 0 radical (unpaired) electrons. The first-order chi connectivity index (χ1) is 4.50. The Bertz CT molecular complexity index is 164. The fourth-order valence-electron chi connectivity index (χ4n) is 2.66. The van der Waals surface area contributed by atoms with Crippen molar-refractivity contribution in [2.45, 2.75) is 45.7 Å². The lowest BCUT2D eigenvalue weighted by Crippen LogP contribution is -2.82. The van der Waals surface area contributed by atoms with E-state index < -0.39 is 0 Å². The van der Waals surface area contributed by atoms with Crippen LogP contribution in [0.25, 0.3) is 0 Å². The summed E-state index contributed by atoms with van der Waals surface area (Å²) >= 11 is 0. The molecule has 0 aromatic heterocycles. The summed E-state index contributed by atoms with van der Waals surface area (Å²) in [6.07, 6.45) is 1.41. The molecule has 1 heteroatoms. The SMILES string of the molecule is CC1N2CCC2(C)C1(C)C. The zero-order chi connectivity index (χ0) is 7.57. The van der Waals surface area contributed by atoms with Crippen LogP contribution in [0.2, 0.25) is 0 Å². The second-order valence-corrected chi connectivity index (χ2v) is 4.61. The molecule has 0 spiro atoms. The molecule has 0 aromatic rings. The van der Waals surface area contributed by atoms with Crippen molar-refractivity contribution in [1.29, 1.82) is 0 Å². The van der Waals surface area contributed by atoms with Gasteiger partial charge in [-0.1, -0.05) is 13.8 Å². The third kappa shape index (κ3) is 0.402. The van der Waals surface area contributed by atoms with Crippen molar-refractivity contribution in [3.63, 3.8) is 0 Å². The summed E-state index contributed by atoms with van der Waals surface area (Å²) < 4.78 is 0. The average molecular weight is 139 g/mol. The van der Waals surface area contributed by atoms with E-state index in [4.69, 9.17) is 0 Å². The summed E-state index contributed by atoms with van der Waals surface area (Å²) in [5.74, 6) is 0. The highest BCUT2D eigenvalue weighted by Gasteiger charge is 2.65. The van der Waals surface area contributed by atoms with Crippen LogP contribution in [0.3, 0.4) is 0 Å². The molecule has 2 aliphatic heterocycles. The molecular formula is C9H17N. The Balaban J connectivity index is 2.25. The average Bonchev–Trinajstić information content (AvgIpc) is 1.83. The molecule has 2 aliphatic rings. The van der Waals surface area contributed by atoms with Crippen molar-refractivity contribution in [1.82, 2.24) is 4.90 Å². The topological polar surface area (TPSA) is 3.24 Å². The summed E-state index contributed by atoms with van der Waals surface area (Å²) in [5.41, 5.74) is 1.12. The van der Waals surface area contributed by atoms with Crippen LogP contribution in [0.1, 0.15) is 34.1 Å². The Morgan fingerprint density at radius 3 is 2.00 bits per heavy atom. The molecule has 2 rings (SSSR count). The Labute approximate surface area is 63.4 Å². The molecule has 0 aromatic carbocycles. The minimum Gasteiger partial charge on any atom is -0.294 e. The highest BCUT2D eigenvalue weighted by Crippen LogP contribution is 2.59. The van der Waals surface area contributed by atoms with Gasteiger partial charge >= 0.3 is 0 Å². The normalized spacial score (nSPS) is 51.0. The first kappa shape index (κ1) is 6.66. The van der Waals surface area contributed by atoms with E-state index in [1.165, 1.54) is 13.0 Å². The number of nitrogens with zero attached hydrogens (tertiary/aromatic N) is 1. The zero-order valence-electron chi connectivity index (χ0n) is 7.44. The molecule has 2 heterocycles. The van der Waals surface area contributed by atoms with Crippen molar-refractivity contribution in [2.75, 3.05) is 6.54 Å². The summed E-state index contributed by atoms with van der Waals surface area (Å²) in [5, 5.41) is 0. The third-order valence-electron chi connectivity index (χ3n) is 4.37. The Morgan fingerprint density at radius 2 is 1.90 bits per heavy atom. The summed E-state index contributed by atoms with van der Waals surface area (Å²) in [4.78, 5) is 2.62. The summed E-state index contributed by atoms with van der Waals surface area (Å²) in [7, 11) is 0. The monoisotopic (exact) mass is 139 g/mol. The predicted molar refractivity (Wildman–Crippen MR) is 43.0 cm³/mol. The second kappa shape index (κ2) is 1.42. The fraction of sp³-hybridized carbons (Fsp3) is 1.00. The first-order valence-corrected chi connectivity index (χ1v) is 4.27. The highest BCUT2D eigenvalue weighted by molar-refractivity contribution is 5.19. The molecule has 2 saturated heterocycles. The van der Waals surface area contributed by atoms with Crippen LogP contribution < -0.4 is 0 Å². The van der Waals surface area contributed by atoms with Gasteiger partial charge in [0.25, 0.3) is 0 Å². The predicted octanol–water partition coefficient (Wildman–Crippen LogP) is 1.88. The van der Waals surface area contributed by atoms with Crippen LogP contribution in [0.4, 0.5) is 0 Å². The van der Waals surface area contributed by atoms with Gasteiger partial charge in [0, 0.05) is 18.1 Å². The number of hydrogen-bond donors (Lipinski definition) is 0. The van der Waals surface area contributed by atoms with E-state index >= 15 is 0 Å². The van der Waals surface area contributed by atoms with Gasteiger partial charge in [-0.15, -0.1) is 0 Å². The van der Waals surface area contributed by atoms with Gasteiger partial charge in [0.1, 0.15) is 0 Å². The highest BCUT2D eigenvalue weighted by atomic mass is 15.4. The van der Waals surface area contributed by atoms with Gasteiger partial charge in [-0.25, -0.2) is 0 Å². The van der Waals surface area contributed by atoms with Gasteiger partial charge in [-0.05, 0) is 25.7 Å². The quantitative estimate of drug-likeness (QED) is 0.495. The molecular weight excluding hydrogens is 122 g/mol. The van der Waals surface area contributed by atoms with Crippen molar-refractivity contribution < 1.29 is 0 Å². The second-order valence-electron chi connectivity index (χ2n) is 4.61. The van der Waals surface area contributed by atoms with E-state index in [1.807, 2.05) is 0 Å².